The largest absolute Gasteiger partial charge is 0.454 e. The minimum absolute atomic E-state index is 0.151. The SMILES string of the molecule is Cc1cc(C)c(S(=O)(=O)N(CCc2ccccc2)CC(=O)N/N=C/c2ccc3c(c2)OCO3)c(C)c1. The lowest BCUT2D eigenvalue weighted by atomic mass is 10.1. The molecule has 3 aromatic rings. The summed E-state index contributed by atoms with van der Waals surface area (Å²) in [7, 11) is -3.94. The van der Waals surface area contributed by atoms with E-state index < -0.39 is 15.9 Å². The van der Waals surface area contributed by atoms with Gasteiger partial charge >= 0.3 is 0 Å². The third kappa shape index (κ3) is 5.92. The molecule has 0 saturated heterocycles. The number of ether oxygens (including phenoxy) is 2. The van der Waals surface area contributed by atoms with Gasteiger partial charge in [-0.15, -0.1) is 0 Å². The van der Waals surface area contributed by atoms with Crippen molar-refractivity contribution in [2.75, 3.05) is 19.9 Å². The zero-order valence-corrected chi connectivity index (χ0v) is 21.3. The van der Waals surface area contributed by atoms with Gasteiger partial charge in [-0.2, -0.15) is 9.41 Å². The van der Waals surface area contributed by atoms with Crippen LogP contribution in [0.1, 0.15) is 27.8 Å². The molecule has 0 aromatic heterocycles. The third-order valence-electron chi connectivity index (χ3n) is 5.81. The molecule has 0 spiro atoms. The molecule has 4 rings (SSSR count). The van der Waals surface area contributed by atoms with Crippen molar-refractivity contribution >= 4 is 22.1 Å². The Morgan fingerprint density at radius 3 is 2.42 bits per heavy atom. The van der Waals surface area contributed by atoms with E-state index in [2.05, 4.69) is 10.5 Å². The van der Waals surface area contributed by atoms with E-state index in [1.54, 1.807) is 32.0 Å². The van der Waals surface area contributed by atoms with Crippen LogP contribution in [-0.2, 0) is 21.2 Å². The maximum Gasteiger partial charge on any atom is 0.255 e. The molecule has 1 aliphatic rings. The van der Waals surface area contributed by atoms with Crippen LogP contribution in [0.25, 0.3) is 0 Å². The number of amides is 1. The van der Waals surface area contributed by atoms with Gasteiger partial charge in [0.15, 0.2) is 11.5 Å². The Labute approximate surface area is 211 Å². The molecule has 0 atom stereocenters. The molecule has 1 heterocycles. The summed E-state index contributed by atoms with van der Waals surface area (Å²) in [6, 6.07) is 18.5. The average molecular weight is 508 g/mol. The molecule has 188 valence electrons. The molecule has 0 radical (unpaired) electrons. The predicted octanol–water partition coefficient (Wildman–Crippen LogP) is 3.72. The Morgan fingerprint density at radius 1 is 1.00 bits per heavy atom. The van der Waals surface area contributed by atoms with E-state index in [1.807, 2.05) is 49.4 Å². The van der Waals surface area contributed by atoms with Crippen molar-refractivity contribution in [3.05, 3.63) is 88.5 Å². The summed E-state index contributed by atoms with van der Waals surface area (Å²) in [5.74, 6) is 0.718. The Balaban J connectivity index is 1.51. The van der Waals surface area contributed by atoms with Crippen LogP contribution < -0.4 is 14.9 Å². The maximum absolute atomic E-state index is 13.7. The fourth-order valence-corrected chi connectivity index (χ4v) is 6.06. The van der Waals surface area contributed by atoms with Crippen LogP contribution in [0.2, 0.25) is 0 Å². The van der Waals surface area contributed by atoms with Gasteiger partial charge in [0.25, 0.3) is 5.91 Å². The van der Waals surface area contributed by atoms with E-state index in [9.17, 15) is 13.2 Å². The number of hydrogen-bond donors (Lipinski definition) is 1. The van der Waals surface area contributed by atoms with Gasteiger partial charge in [-0.05, 0) is 67.6 Å². The molecule has 0 fully saturated rings. The van der Waals surface area contributed by atoms with Crippen LogP contribution in [0, 0.1) is 20.8 Å². The van der Waals surface area contributed by atoms with Crippen LogP contribution in [-0.4, -0.2) is 44.7 Å². The Bertz CT molecular complexity index is 1360. The molecule has 3 aromatic carbocycles. The summed E-state index contributed by atoms with van der Waals surface area (Å²) in [6.07, 6.45) is 1.94. The van der Waals surface area contributed by atoms with Crippen molar-refractivity contribution in [1.82, 2.24) is 9.73 Å². The first-order chi connectivity index (χ1) is 17.2. The lowest BCUT2D eigenvalue weighted by molar-refractivity contribution is -0.121. The molecular formula is C27H29N3O5S. The Kier molecular flexibility index (Phi) is 7.71. The first-order valence-corrected chi connectivity index (χ1v) is 13.0. The fraction of sp³-hybridized carbons (Fsp3) is 0.259. The van der Waals surface area contributed by atoms with Gasteiger partial charge in [0, 0.05) is 6.54 Å². The summed E-state index contributed by atoms with van der Waals surface area (Å²) < 4.78 is 39.3. The normalized spacial score (nSPS) is 12.9. The summed E-state index contributed by atoms with van der Waals surface area (Å²) in [5, 5.41) is 4.00. The molecule has 0 saturated carbocycles. The minimum atomic E-state index is -3.94. The molecule has 0 aliphatic carbocycles. The van der Waals surface area contributed by atoms with Gasteiger partial charge < -0.3 is 9.47 Å². The zero-order valence-electron chi connectivity index (χ0n) is 20.5. The van der Waals surface area contributed by atoms with Gasteiger partial charge in [0.05, 0.1) is 17.7 Å². The van der Waals surface area contributed by atoms with Crippen LogP contribution in [0.15, 0.2) is 70.7 Å². The summed E-state index contributed by atoms with van der Waals surface area (Å²) in [6.45, 7) is 5.43. The summed E-state index contributed by atoms with van der Waals surface area (Å²) in [5.41, 5.74) is 6.42. The van der Waals surface area contributed by atoms with Crippen molar-refractivity contribution < 1.29 is 22.7 Å². The molecule has 0 unspecified atom stereocenters. The first kappa shape index (κ1) is 25.4. The topological polar surface area (TPSA) is 97.3 Å². The standard InChI is InChI=1S/C27H29N3O5S/c1-19-13-20(2)27(21(3)14-19)36(32,33)30(12-11-22-7-5-4-6-8-22)17-26(31)29-28-16-23-9-10-24-25(15-23)35-18-34-24/h4-10,13-16H,11-12,17-18H2,1-3H3,(H,29,31)/b28-16+. The highest BCUT2D eigenvalue weighted by molar-refractivity contribution is 7.89. The van der Waals surface area contributed by atoms with Crippen molar-refractivity contribution in [1.29, 1.82) is 0 Å². The summed E-state index contributed by atoms with van der Waals surface area (Å²) in [4.78, 5) is 13.0. The lowest BCUT2D eigenvalue weighted by Gasteiger charge is -2.24. The first-order valence-electron chi connectivity index (χ1n) is 11.6. The van der Waals surface area contributed by atoms with Gasteiger partial charge in [0.2, 0.25) is 16.8 Å². The van der Waals surface area contributed by atoms with Crippen LogP contribution >= 0.6 is 0 Å². The van der Waals surface area contributed by atoms with E-state index in [4.69, 9.17) is 9.47 Å². The van der Waals surface area contributed by atoms with Crippen LogP contribution in [0.3, 0.4) is 0 Å². The lowest BCUT2D eigenvalue weighted by Crippen LogP contribution is -2.41. The second kappa shape index (κ2) is 10.9. The molecular weight excluding hydrogens is 478 g/mol. The van der Waals surface area contributed by atoms with Crippen molar-refractivity contribution in [3.8, 4) is 11.5 Å². The van der Waals surface area contributed by atoms with E-state index in [0.29, 0.717) is 34.6 Å². The number of rotatable bonds is 9. The van der Waals surface area contributed by atoms with Gasteiger partial charge in [0.1, 0.15) is 0 Å². The molecule has 9 heteroatoms. The average Bonchev–Trinajstić information content (AvgIpc) is 3.29. The van der Waals surface area contributed by atoms with Crippen molar-refractivity contribution in [2.24, 2.45) is 5.10 Å². The quantitative estimate of drug-likeness (QED) is 0.352. The number of carbonyl (C=O) groups is 1. The molecule has 1 amide bonds. The van der Waals surface area contributed by atoms with E-state index in [0.717, 1.165) is 11.1 Å². The van der Waals surface area contributed by atoms with Gasteiger partial charge in [-0.3, -0.25) is 4.79 Å². The second-order valence-corrected chi connectivity index (χ2v) is 10.6. The number of carbonyl (C=O) groups excluding carboxylic acids is 1. The number of benzene rings is 3. The third-order valence-corrected chi connectivity index (χ3v) is 7.97. The Hall–Kier alpha value is -3.69. The maximum atomic E-state index is 13.7. The smallest absolute Gasteiger partial charge is 0.255 e. The van der Waals surface area contributed by atoms with E-state index >= 15 is 0 Å². The fourth-order valence-electron chi connectivity index (χ4n) is 4.25. The van der Waals surface area contributed by atoms with Crippen LogP contribution in [0.4, 0.5) is 0 Å². The van der Waals surface area contributed by atoms with Gasteiger partial charge in [-0.25, -0.2) is 13.8 Å². The highest BCUT2D eigenvalue weighted by Gasteiger charge is 2.29. The minimum Gasteiger partial charge on any atom is -0.454 e. The number of aryl methyl sites for hydroxylation is 3. The monoisotopic (exact) mass is 507 g/mol. The highest BCUT2D eigenvalue weighted by atomic mass is 32.2. The number of nitrogens with zero attached hydrogens (tertiary/aromatic N) is 2. The number of hydrogen-bond acceptors (Lipinski definition) is 6. The second-order valence-electron chi connectivity index (χ2n) is 8.71. The zero-order chi connectivity index (χ0) is 25.7. The number of nitrogens with one attached hydrogen (secondary N) is 1. The Morgan fingerprint density at radius 2 is 1.69 bits per heavy atom. The predicted molar refractivity (Wildman–Crippen MR) is 138 cm³/mol. The number of fused-ring (bicyclic) bond motifs is 1. The molecule has 36 heavy (non-hydrogen) atoms. The molecule has 8 nitrogen and oxygen atoms in total. The molecule has 1 aliphatic heterocycles. The number of sulfonamides is 1. The number of hydrazone groups is 1. The summed E-state index contributed by atoms with van der Waals surface area (Å²) >= 11 is 0. The molecule has 1 N–H and O–H groups in total. The molecule has 0 bridgehead atoms. The van der Waals surface area contributed by atoms with E-state index in [1.165, 1.54) is 10.5 Å². The highest BCUT2D eigenvalue weighted by Crippen LogP contribution is 2.32. The van der Waals surface area contributed by atoms with Crippen molar-refractivity contribution in [2.45, 2.75) is 32.1 Å². The van der Waals surface area contributed by atoms with Crippen molar-refractivity contribution in [3.63, 3.8) is 0 Å². The van der Waals surface area contributed by atoms with Gasteiger partial charge in [-0.1, -0.05) is 48.0 Å². The van der Waals surface area contributed by atoms with E-state index in [-0.39, 0.29) is 24.8 Å². The van der Waals surface area contributed by atoms with Crippen LogP contribution in [0.5, 0.6) is 11.5 Å².